The average Bonchev–Trinajstić information content (AvgIpc) is 2.73. The zero-order chi connectivity index (χ0) is 19.9. The predicted molar refractivity (Wildman–Crippen MR) is 109 cm³/mol. The lowest BCUT2D eigenvalue weighted by atomic mass is 10.1. The number of rotatable bonds is 5. The fourth-order valence-corrected chi connectivity index (χ4v) is 3.42. The fourth-order valence-electron chi connectivity index (χ4n) is 3.42. The second-order valence-electron chi connectivity index (χ2n) is 7.03. The van der Waals surface area contributed by atoms with Gasteiger partial charge in [-0.2, -0.15) is 5.26 Å². The molecule has 1 aliphatic heterocycles. The first-order chi connectivity index (χ1) is 13.6. The third-order valence-electron chi connectivity index (χ3n) is 4.99. The fraction of sp³-hybridized carbons (Fsp3) is 0.304. The minimum atomic E-state index is -0.473. The Morgan fingerprint density at radius 2 is 1.89 bits per heavy atom. The maximum Gasteiger partial charge on any atom is 0.262 e. The summed E-state index contributed by atoms with van der Waals surface area (Å²) in [4.78, 5) is 14.5. The maximum atomic E-state index is 14.6. The highest BCUT2D eigenvalue weighted by molar-refractivity contribution is 6.01. The number of hydrogen-bond acceptors (Lipinski definition) is 3. The van der Waals surface area contributed by atoms with Gasteiger partial charge in [0.2, 0.25) is 0 Å². The Bertz CT molecular complexity index is 896. The van der Waals surface area contributed by atoms with Crippen molar-refractivity contribution < 1.29 is 9.18 Å². The smallest absolute Gasteiger partial charge is 0.262 e. The van der Waals surface area contributed by atoms with Crippen LogP contribution in [-0.4, -0.2) is 19.0 Å². The Balaban J connectivity index is 1.73. The summed E-state index contributed by atoms with van der Waals surface area (Å²) in [6.45, 7) is 3.57. The van der Waals surface area contributed by atoms with Crippen molar-refractivity contribution in [1.29, 1.82) is 5.26 Å². The number of nitrogens with zero attached hydrogens (tertiary/aromatic N) is 2. The number of anilines is 1. The van der Waals surface area contributed by atoms with Crippen LogP contribution >= 0.6 is 0 Å². The zero-order valence-electron chi connectivity index (χ0n) is 16.0. The van der Waals surface area contributed by atoms with Crippen LogP contribution in [0.3, 0.4) is 0 Å². The molecule has 2 aromatic rings. The molecule has 1 heterocycles. The van der Waals surface area contributed by atoms with Gasteiger partial charge in [0.25, 0.3) is 5.91 Å². The highest BCUT2D eigenvalue weighted by Crippen LogP contribution is 2.25. The van der Waals surface area contributed by atoms with E-state index in [4.69, 9.17) is 0 Å². The van der Waals surface area contributed by atoms with Crippen molar-refractivity contribution in [2.24, 2.45) is 0 Å². The van der Waals surface area contributed by atoms with Crippen molar-refractivity contribution in [2.45, 2.75) is 32.2 Å². The Morgan fingerprint density at radius 3 is 2.54 bits per heavy atom. The highest BCUT2D eigenvalue weighted by atomic mass is 19.1. The molecule has 3 rings (SSSR count). The molecular weight excluding hydrogens is 353 g/mol. The van der Waals surface area contributed by atoms with Gasteiger partial charge in [0.15, 0.2) is 0 Å². The number of nitrogens with one attached hydrogen (secondary N) is 1. The van der Waals surface area contributed by atoms with E-state index in [1.807, 2.05) is 48.2 Å². The van der Waals surface area contributed by atoms with Crippen molar-refractivity contribution in [3.05, 3.63) is 71.0 Å². The number of carbonyl (C=O) groups is 1. The van der Waals surface area contributed by atoms with Crippen molar-refractivity contribution in [1.82, 2.24) is 5.32 Å². The van der Waals surface area contributed by atoms with Crippen molar-refractivity contribution in [2.75, 3.05) is 18.0 Å². The summed E-state index contributed by atoms with van der Waals surface area (Å²) in [7, 11) is 0. The van der Waals surface area contributed by atoms with Crippen LogP contribution in [0.15, 0.2) is 54.1 Å². The van der Waals surface area contributed by atoms with Crippen molar-refractivity contribution >= 4 is 17.7 Å². The molecule has 5 heteroatoms. The van der Waals surface area contributed by atoms with E-state index in [0.717, 1.165) is 31.5 Å². The summed E-state index contributed by atoms with van der Waals surface area (Å²) in [6.07, 6.45) is 4.75. The molecule has 144 valence electrons. The van der Waals surface area contributed by atoms with Crippen molar-refractivity contribution in [3.8, 4) is 6.07 Å². The molecular formula is C23H24FN3O. The largest absolute Gasteiger partial charge is 0.369 e. The van der Waals surface area contributed by atoms with Crippen LogP contribution in [-0.2, 0) is 4.79 Å². The molecule has 4 nitrogen and oxygen atoms in total. The molecule has 1 saturated heterocycles. The van der Waals surface area contributed by atoms with E-state index in [9.17, 15) is 14.4 Å². The molecule has 2 aromatic carbocycles. The van der Waals surface area contributed by atoms with E-state index >= 15 is 0 Å². The van der Waals surface area contributed by atoms with Gasteiger partial charge in [0.05, 0.1) is 11.7 Å². The molecule has 1 atom stereocenters. The SMILES string of the molecule is C[C@@H](NC(=O)/C(C#N)=C\c1ccc(N2CCCCC2)c(F)c1)c1ccccc1. The second kappa shape index (κ2) is 9.18. The number of amides is 1. The minimum absolute atomic E-state index is 0.0482. The Labute approximate surface area is 165 Å². The van der Waals surface area contributed by atoms with Crippen molar-refractivity contribution in [3.63, 3.8) is 0 Å². The number of halogens is 1. The highest BCUT2D eigenvalue weighted by Gasteiger charge is 2.16. The first kappa shape index (κ1) is 19.6. The number of hydrogen-bond donors (Lipinski definition) is 1. The summed E-state index contributed by atoms with van der Waals surface area (Å²) in [5.74, 6) is -0.801. The van der Waals surface area contributed by atoms with E-state index in [0.29, 0.717) is 11.3 Å². The number of carbonyl (C=O) groups excluding carboxylic acids is 1. The molecule has 0 saturated carbocycles. The Kier molecular flexibility index (Phi) is 6.44. The van der Waals surface area contributed by atoms with Gasteiger partial charge in [-0.1, -0.05) is 36.4 Å². The lowest BCUT2D eigenvalue weighted by molar-refractivity contribution is -0.117. The molecule has 1 aliphatic rings. The molecule has 28 heavy (non-hydrogen) atoms. The normalized spacial score (nSPS) is 15.6. The molecule has 0 radical (unpaired) electrons. The van der Waals surface area contributed by atoms with Gasteiger partial charge < -0.3 is 10.2 Å². The van der Waals surface area contributed by atoms with Gasteiger partial charge in [-0.05, 0) is 55.5 Å². The molecule has 0 unspecified atom stereocenters. The van der Waals surface area contributed by atoms with E-state index < -0.39 is 5.91 Å². The first-order valence-electron chi connectivity index (χ1n) is 9.60. The van der Waals surface area contributed by atoms with Crippen LogP contribution in [0, 0.1) is 17.1 Å². The molecule has 1 amide bonds. The molecule has 0 aromatic heterocycles. The van der Waals surface area contributed by atoms with Crippen LogP contribution in [0.1, 0.15) is 43.4 Å². The Hall–Kier alpha value is -3.13. The molecule has 0 aliphatic carbocycles. The molecule has 1 fully saturated rings. The first-order valence-corrected chi connectivity index (χ1v) is 9.60. The van der Waals surface area contributed by atoms with Crippen LogP contribution in [0.25, 0.3) is 6.08 Å². The third-order valence-corrected chi connectivity index (χ3v) is 4.99. The van der Waals surface area contributed by atoms with Gasteiger partial charge in [-0.25, -0.2) is 4.39 Å². The third kappa shape index (κ3) is 4.77. The predicted octanol–water partition coefficient (Wildman–Crippen LogP) is 4.60. The van der Waals surface area contributed by atoms with Gasteiger partial charge in [0, 0.05) is 13.1 Å². The zero-order valence-corrected chi connectivity index (χ0v) is 16.0. The van der Waals surface area contributed by atoms with Gasteiger partial charge in [0.1, 0.15) is 17.5 Å². The lowest BCUT2D eigenvalue weighted by Crippen LogP contribution is -2.30. The summed E-state index contributed by atoms with van der Waals surface area (Å²) in [6, 6.07) is 16.1. The second-order valence-corrected chi connectivity index (χ2v) is 7.03. The van der Waals surface area contributed by atoms with E-state index in [1.165, 1.54) is 18.6 Å². The maximum absolute atomic E-state index is 14.6. The summed E-state index contributed by atoms with van der Waals surface area (Å²) in [5, 5.41) is 12.2. The van der Waals surface area contributed by atoms with Gasteiger partial charge in [-0.15, -0.1) is 0 Å². The minimum Gasteiger partial charge on any atom is -0.369 e. The number of nitriles is 1. The molecule has 1 N–H and O–H groups in total. The summed E-state index contributed by atoms with van der Waals surface area (Å²) >= 11 is 0. The number of benzene rings is 2. The number of piperidine rings is 1. The van der Waals surface area contributed by atoms with E-state index in [-0.39, 0.29) is 17.4 Å². The summed E-state index contributed by atoms with van der Waals surface area (Å²) < 4.78 is 14.6. The monoisotopic (exact) mass is 377 g/mol. The van der Waals surface area contributed by atoms with Gasteiger partial charge in [-0.3, -0.25) is 4.79 Å². The van der Waals surface area contributed by atoms with Crippen LogP contribution in [0.2, 0.25) is 0 Å². The average molecular weight is 377 g/mol. The topological polar surface area (TPSA) is 56.1 Å². The van der Waals surface area contributed by atoms with Crippen LogP contribution in [0.4, 0.5) is 10.1 Å². The van der Waals surface area contributed by atoms with E-state index in [1.54, 1.807) is 12.1 Å². The lowest BCUT2D eigenvalue weighted by Gasteiger charge is -2.29. The van der Waals surface area contributed by atoms with Crippen LogP contribution < -0.4 is 10.2 Å². The molecule has 0 bridgehead atoms. The van der Waals surface area contributed by atoms with Gasteiger partial charge >= 0.3 is 0 Å². The standard InChI is InChI=1S/C23H24FN3O/c1-17(19-8-4-2-5-9-19)26-23(28)20(16-25)14-18-10-11-22(21(24)15-18)27-12-6-3-7-13-27/h2,4-5,8-11,14-15,17H,3,6-7,12-13H2,1H3,(H,26,28)/b20-14-/t17-/m1/s1. The Morgan fingerprint density at radius 1 is 1.18 bits per heavy atom. The quantitative estimate of drug-likeness (QED) is 0.612. The molecule has 0 spiro atoms. The van der Waals surface area contributed by atoms with E-state index in [2.05, 4.69) is 5.32 Å². The van der Waals surface area contributed by atoms with Crippen LogP contribution in [0.5, 0.6) is 0 Å². The summed E-state index contributed by atoms with van der Waals surface area (Å²) in [5.41, 5.74) is 1.98.